The van der Waals surface area contributed by atoms with Crippen LogP contribution in [0.3, 0.4) is 0 Å². The van der Waals surface area contributed by atoms with E-state index in [-0.39, 0.29) is 6.42 Å². The van der Waals surface area contributed by atoms with Crippen molar-refractivity contribution in [3.8, 4) is 0 Å². The number of aryl methyl sites for hydroxylation is 1. The number of carbonyl (C=O) groups is 1. The highest BCUT2D eigenvalue weighted by molar-refractivity contribution is 7.20. The minimum absolute atomic E-state index is 0.109. The summed E-state index contributed by atoms with van der Waals surface area (Å²) in [6.07, 6.45) is 1.96. The highest BCUT2D eigenvalue weighted by Gasteiger charge is 2.11. The molecule has 0 aliphatic carbocycles. The zero-order valence-electron chi connectivity index (χ0n) is 9.04. The second-order valence-electron chi connectivity index (χ2n) is 3.56. The molecule has 2 heterocycles. The lowest BCUT2D eigenvalue weighted by Gasteiger charge is -2.12. The first-order valence-electron chi connectivity index (χ1n) is 4.82. The fraction of sp³-hybridized carbons (Fsp3) is 0.444. The van der Waals surface area contributed by atoms with E-state index in [1.54, 1.807) is 4.52 Å². The lowest BCUT2D eigenvalue weighted by molar-refractivity contribution is -0.136. The third kappa shape index (κ3) is 2.13. The van der Waals surface area contributed by atoms with Crippen molar-refractivity contribution < 1.29 is 9.90 Å². The smallest absolute Gasteiger partial charge is 0.305 e. The molecule has 2 rings (SSSR count). The number of carboxylic acids is 1. The molecule has 7 heteroatoms. The summed E-state index contributed by atoms with van der Waals surface area (Å²) in [4.78, 5) is 17.4. The molecule has 1 N–H and O–H groups in total. The molecule has 0 unspecified atom stereocenters. The molecule has 2 aromatic rings. The van der Waals surface area contributed by atoms with Gasteiger partial charge < -0.3 is 10.0 Å². The van der Waals surface area contributed by atoms with Gasteiger partial charge in [-0.3, -0.25) is 4.79 Å². The van der Waals surface area contributed by atoms with Gasteiger partial charge in [-0.25, -0.2) is 9.50 Å². The number of rotatable bonds is 4. The molecule has 0 saturated carbocycles. The SMILES string of the molecule is Cc1cn2nc(N(C)CCC(=O)O)sc2n1. The molecule has 0 aliphatic heterocycles. The molecule has 0 bridgehead atoms. The molecule has 0 fully saturated rings. The number of hydrogen-bond donors (Lipinski definition) is 1. The topological polar surface area (TPSA) is 70.7 Å². The van der Waals surface area contributed by atoms with Crippen LogP contribution >= 0.6 is 11.3 Å². The predicted octanol–water partition coefficient (Wildman–Crippen LogP) is 1.01. The number of aromatic nitrogens is 3. The number of fused-ring (bicyclic) bond motifs is 1. The third-order valence-corrected chi connectivity index (χ3v) is 3.18. The quantitative estimate of drug-likeness (QED) is 0.863. The molecule has 86 valence electrons. The fourth-order valence-electron chi connectivity index (χ4n) is 1.31. The monoisotopic (exact) mass is 240 g/mol. The van der Waals surface area contributed by atoms with Gasteiger partial charge in [-0.05, 0) is 6.92 Å². The Morgan fingerprint density at radius 1 is 1.69 bits per heavy atom. The van der Waals surface area contributed by atoms with Gasteiger partial charge in [0, 0.05) is 13.6 Å². The normalized spacial score (nSPS) is 10.9. The summed E-state index contributed by atoms with van der Waals surface area (Å²) in [7, 11) is 1.83. The van der Waals surface area contributed by atoms with Crippen LogP contribution in [0.15, 0.2) is 6.20 Å². The molecule has 0 saturated heterocycles. The van der Waals surface area contributed by atoms with Gasteiger partial charge in [-0.2, -0.15) is 0 Å². The number of aliphatic carboxylic acids is 1. The van der Waals surface area contributed by atoms with Crippen LogP contribution in [0.25, 0.3) is 4.96 Å². The van der Waals surface area contributed by atoms with Gasteiger partial charge in [0.05, 0.1) is 18.3 Å². The van der Waals surface area contributed by atoms with Crippen LogP contribution < -0.4 is 4.90 Å². The number of hydrogen-bond acceptors (Lipinski definition) is 5. The maximum absolute atomic E-state index is 10.4. The van der Waals surface area contributed by atoms with Crippen molar-refractivity contribution in [3.63, 3.8) is 0 Å². The summed E-state index contributed by atoms with van der Waals surface area (Å²) in [5.74, 6) is -0.802. The Morgan fingerprint density at radius 2 is 2.44 bits per heavy atom. The lowest BCUT2D eigenvalue weighted by Crippen LogP contribution is -2.20. The first kappa shape index (κ1) is 10.9. The van der Waals surface area contributed by atoms with E-state index in [0.717, 1.165) is 15.8 Å². The van der Waals surface area contributed by atoms with E-state index in [9.17, 15) is 4.79 Å². The molecule has 0 amide bonds. The minimum Gasteiger partial charge on any atom is -0.481 e. The number of imidazole rings is 1. The predicted molar refractivity (Wildman–Crippen MR) is 61.1 cm³/mol. The van der Waals surface area contributed by atoms with E-state index >= 15 is 0 Å². The average molecular weight is 240 g/mol. The van der Waals surface area contributed by atoms with Gasteiger partial charge >= 0.3 is 5.97 Å². The molecule has 0 aromatic carbocycles. The third-order valence-electron chi connectivity index (χ3n) is 2.14. The van der Waals surface area contributed by atoms with E-state index < -0.39 is 5.97 Å². The van der Waals surface area contributed by atoms with Crippen molar-refractivity contribution in [1.82, 2.24) is 14.6 Å². The van der Waals surface area contributed by atoms with Crippen LogP contribution in [0, 0.1) is 6.92 Å². The summed E-state index contributed by atoms with van der Waals surface area (Å²) < 4.78 is 1.71. The largest absolute Gasteiger partial charge is 0.481 e. The van der Waals surface area contributed by atoms with Crippen LogP contribution in [-0.4, -0.2) is 39.3 Å². The van der Waals surface area contributed by atoms with Crippen LogP contribution in [0.5, 0.6) is 0 Å². The van der Waals surface area contributed by atoms with Gasteiger partial charge in [0.2, 0.25) is 10.1 Å². The molecule has 0 radical (unpaired) electrons. The van der Waals surface area contributed by atoms with Crippen LogP contribution in [0.1, 0.15) is 12.1 Å². The molecule has 0 spiro atoms. The molecule has 6 nitrogen and oxygen atoms in total. The first-order chi connectivity index (χ1) is 7.56. The number of nitrogens with zero attached hydrogens (tertiary/aromatic N) is 4. The summed E-state index contributed by atoms with van der Waals surface area (Å²) in [5, 5.41) is 13.7. The van der Waals surface area contributed by atoms with Gasteiger partial charge in [0.15, 0.2) is 0 Å². The zero-order valence-corrected chi connectivity index (χ0v) is 9.86. The van der Waals surface area contributed by atoms with E-state index in [2.05, 4.69) is 10.1 Å². The van der Waals surface area contributed by atoms with E-state index in [1.807, 2.05) is 25.1 Å². The highest BCUT2D eigenvalue weighted by atomic mass is 32.1. The van der Waals surface area contributed by atoms with Crippen molar-refractivity contribution in [2.45, 2.75) is 13.3 Å². The Kier molecular flexibility index (Phi) is 2.78. The molecule has 2 aromatic heterocycles. The standard InChI is InChI=1S/C9H12N4O2S/c1-6-5-13-8(10-6)16-9(11-13)12(2)4-3-7(14)15/h5H,3-4H2,1-2H3,(H,14,15). The van der Waals surface area contributed by atoms with Gasteiger partial charge in [0.1, 0.15) is 0 Å². The van der Waals surface area contributed by atoms with Crippen LogP contribution in [-0.2, 0) is 4.79 Å². The molecule has 0 aliphatic rings. The first-order valence-corrected chi connectivity index (χ1v) is 5.63. The lowest BCUT2D eigenvalue weighted by atomic mass is 10.4. The number of anilines is 1. The Labute approximate surface area is 96.1 Å². The fourth-order valence-corrected chi connectivity index (χ4v) is 2.23. The second-order valence-corrected chi connectivity index (χ2v) is 4.49. The van der Waals surface area contributed by atoms with Gasteiger partial charge in [-0.1, -0.05) is 11.3 Å². The van der Waals surface area contributed by atoms with Crippen molar-refractivity contribution in [2.24, 2.45) is 0 Å². The van der Waals surface area contributed by atoms with Gasteiger partial charge in [-0.15, -0.1) is 5.10 Å². The Balaban J connectivity index is 2.13. The molecule has 0 atom stereocenters. The molecular formula is C9H12N4O2S. The van der Waals surface area contributed by atoms with E-state index in [0.29, 0.717) is 6.54 Å². The number of carboxylic acid groups (broad SMARTS) is 1. The second kappa shape index (κ2) is 4.09. The maximum atomic E-state index is 10.4. The van der Waals surface area contributed by atoms with Crippen molar-refractivity contribution in [2.75, 3.05) is 18.5 Å². The van der Waals surface area contributed by atoms with Gasteiger partial charge in [0.25, 0.3) is 0 Å². The Hall–Kier alpha value is -1.63. The maximum Gasteiger partial charge on any atom is 0.305 e. The average Bonchev–Trinajstić information content (AvgIpc) is 2.70. The van der Waals surface area contributed by atoms with Crippen LogP contribution in [0.2, 0.25) is 0 Å². The van der Waals surface area contributed by atoms with E-state index in [4.69, 9.17) is 5.11 Å². The molecular weight excluding hydrogens is 228 g/mol. The summed E-state index contributed by atoms with van der Waals surface area (Å²) in [5.41, 5.74) is 0.929. The molecule has 16 heavy (non-hydrogen) atoms. The zero-order chi connectivity index (χ0) is 11.7. The highest BCUT2D eigenvalue weighted by Crippen LogP contribution is 2.21. The Morgan fingerprint density at radius 3 is 3.06 bits per heavy atom. The Bertz CT molecular complexity index is 487. The summed E-state index contributed by atoms with van der Waals surface area (Å²) in [6, 6.07) is 0. The minimum atomic E-state index is -0.802. The van der Waals surface area contributed by atoms with Crippen LogP contribution in [0.4, 0.5) is 5.13 Å². The van der Waals surface area contributed by atoms with Crippen molar-refractivity contribution in [1.29, 1.82) is 0 Å². The van der Waals surface area contributed by atoms with E-state index in [1.165, 1.54) is 11.3 Å². The summed E-state index contributed by atoms with van der Waals surface area (Å²) >= 11 is 1.45. The van der Waals surface area contributed by atoms with Crippen molar-refractivity contribution in [3.05, 3.63) is 11.9 Å². The van der Waals surface area contributed by atoms with Crippen molar-refractivity contribution >= 4 is 27.4 Å². The summed E-state index contributed by atoms with van der Waals surface area (Å²) in [6.45, 7) is 2.36.